The van der Waals surface area contributed by atoms with Crippen LogP contribution in [0.25, 0.3) is 0 Å². The first-order valence-electron chi connectivity index (χ1n) is 10.3. The number of nitrogens with zero attached hydrogens (tertiary/aromatic N) is 1. The van der Waals surface area contributed by atoms with E-state index in [1.165, 1.54) is 5.06 Å². The number of hydrogen-bond donors (Lipinski definition) is 3. The van der Waals surface area contributed by atoms with Crippen molar-refractivity contribution >= 4 is 0 Å². The normalized spacial score (nSPS) is 41.3. The molecule has 0 amide bonds. The molecule has 3 aliphatic rings. The van der Waals surface area contributed by atoms with E-state index in [1.54, 1.807) is 0 Å². The lowest BCUT2D eigenvalue weighted by Gasteiger charge is -2.49. The molecule has 26 heavy (non-hydrogen) atoms. The molecule has 0 aromatic heterocycles. The fourth-order valence-electron chi connectivity index (χ4n) is 5.94. The topological polar surface area (TPSA) is 73.2 Å². The number of fused-ring (bicyclic) bond motifs is 5. The summed E-state index contributed by atoms with van der Waals surface area (Å²) in [5.74, 6) is 1.09. The molecule has 1 aliphatic heterocycles. The molecule has 0 aromatic carbocycles. The summed E-state index contributed by atoms with van der Waals surface area (Å²) in [4.78, 5) is 5.92. The van der Waals surface area contributed by atoms with E-state index in [1.807, 2.05) is 6.92 Å². The molecule has 0 radical (unpaired) electrons. The van der Waals surface area contributed by atoms with E-state index in [2.05, 4.69) is 41.5 Å². The Hall–Kier alpha value is -0.200. The zero-order chi connectivity index (χ0) is 19.7. The van der Waals surface area contributed by atoms with Gasteiger partial charge in [0.05, 0.1) is 0 Å². The van der Waals surface area contributed by atoms with E-state index in [9.17, 15) is 15.3 Å². The molecular weight excluding hydrogens is 330 g/mol. The van der Waals surface area contributed by atoms with E-state index in [-0.39, 0.29) is 22.7 Å². The maximum Gasteiger partial charge on any atom is 0.180 e. The van der Waals surface area contributed by atoms with Gasteiger partial charge >= 0.3 is 0 Å². The molecule has 8 unspecified atom stereocenters. The molecule has 5 heteroatoms. The summed E-state index contributed by atoms with van der Waals surface area (Å²) in [7, 11) is 0. The minimum atomic E-state index is -1.09. The van der Waals surface area contributed by atoms with Crippen molar-refractivity contribution in [3.05, 3.63) is 0 Å². The van der Waals surface area contributed by atoms with Crippen LogP contribution in [0.15, 0.2) is 0 Å². The van der Waals surface area contributed by atoms with Gasteiger partial charge in [-0.3, -0.25) is 4.84 Å². The van der Waals surface area contributed by atoms with E-state index < -0.39 is 24.2 Å². The van der Waals surface area contributed by atoms with Crippen LogP contribution in [-0.4, -0.2) is 39.1 Å². The molecule has 2 bridgehead atoms. The summed E-state index contributed by atoms with van der Waals surface area (Å²) in [6.45, 7) is 14.8. The Morgan fingerprint density at radius 1 is 0.923 bits per heavy atom. The monoisotopic (exact) mass is 369 g/mol. The minimum absolute atomic E-state index is 0.0181. The van der Waals surface area contributed by atoms with Gasteiger partial charge in [-0.25, -0.2) is 0 Å². The highest BCUT2D eigenvalue weighted by Gasteiger charge is 2.62. The molecule has 3 N–H and O–H groups in total. The first-order chi connectivity index (χ1) is 11.8. The summed E-state index contributed by atoms with van der Waals surface area (Å²) >= 11 is 0. The van der Waals surface area contributed by atoms with Gasteiger partial charge in [-0.15, -0.1) is 5.06 Å². The third kappa shape index (κ3) is 3.24. The molecule has 1 heterocycles. The van der Waals surface area contributed by atoms with Crippen LogP contribution in [0.4, 0.5) is 0 Å². The number of hydrogen-bond acceptors (Lipinski definition) is 5. The van der Waals surface area contributed by atoms with Crippen LogP contribution in [0.1, 0.15) is 74.1 Å². The van der Waals surface area contributed by atoms with Crippen LogP contribution in [0, 0.1) is 39.9 Å². The molecule has 5 nitrogen and oxygen atoms in total. The van der Waals surface area contributed by atoms with Crippen molar-refractivity contribution in [2.75, 3.05) is 0 Å². The number of hydroxylamine groups is 2. The number of aliphatic hydroxyl groups is 3. The van der Waals surface area contributed by atoms with E-state index in [0.717, 1.165) is 25.7 Å². The lowest BCUT2D eigenvalue weighted by Crippen LogP contribution is -2.52. The molecule has 3 rings (SSSR count). The standard InChI is InChI=1S/C21H39NO4/c1-19(2,3)11-21(7,20(4,5)6)18(25)26-22-16(23)14-12-8-9-13(10-12)15(14)17(22)24/h12-18,23-25H,8-11H2,1-7H3. The highest BCUT2D eigenvalue weighted by molar-refractivity contribution is 5.04. The Labute approximate surface area is 158 Å². The largest absolute Gasteiger partial charge is 0.376 e. The minimum Gasteiger partial charge on any atom is -0.376 e. The Bertz CT molecular complexity index is 503. The molecule has 1 saturated heterocycles. The average molecular weight is 370 g/mol. The second kappa shape index (κ2) is 6.41. The second-order valence-corrected chi connectivity index (χ2v) is 11.5. The van der Waals surface area contributed by atoms with Gasteiger partial charge in [0.2, 0.25) is 0 Å². The van der Waals surface area contributed by atoms with E-state index in [0.29, 0.717) is 11.8 Å². The summed E-state index contributed by atoms with van der Waals surface area (Å²) in [6, 6.07) is 0. The van der Waals surface area contributed by atoms with Gasteiger partial charge in [0.25, 0.3) is 0 Å². The lowest BCUT2D eigenvalue weighted by atomic mass is 9.61. The van der Waals surface area contributed by atoms with Gasteiger partial charge in [-0.05, 0) is 48.3 Å². The number of rotatable bonds is 4. The van der Waals surface area contributed by atoms with Crippen LogP contribution in [0.3, 0.4) is 0 Å². The first-order valence-corrected chi connectivity index (χ1v) is 10.3. The summed E-state index contributed by atoms with van der Waals surface area (Å²) in [6.07, 6.45) is 1.39. The Balaban J connectivity index is 1.78. The van der Waals surface area contributed by atoms with Gasteiger partial charge < -0.3 is 15.3 Å². The average Bonchev–Trinajstić information content (AvgIpc) is 3.13. The van der Waals surface area contributed by atoms with Crippen molar-refractivity contribution in [1.82, 2.24) is 5.06 Å². The summed E-state index contributed by atoms with van der Waals surface area (Å²) in [5, 5.41) is 34.1. The van der Waals surface area contributed by atoms with E-state index in [4.69, 9.17) is 4.84 Å². The van der Waals surface area contributed by atoms with Gasteiger partial charge in [0.15, 0.2) is 6.29 Å². The Kier molecular flexibility index (Phi) is 5.06. The number of aliphatic hydroxyl groups excluding tert-OH is 3. The molecule has 2 saturated carbocycles. The summed E-state index contributed by atoms with van der Waals surface area (Å²) < 4.78 is 0. The fourth-order valence-corrected chi connectivity index (χ4v) is 5.94. The van der Waals surface area contributed by atoms with Gasteiger partial charge in [0.1, 0.15) is 12.5 Å². The van der Waals surface area contributed by atoms with Crippen LogP contribution in [-0.2, 0) is 4.84 Å². The smallest absolute Gasteiger partial charge is 0.180 e. The molecule has 0 spiro atoms. The molecule has 3 fully saturated rings. The van der Waals surface area contributed by atoms with Crippen molar-refractivity contribution in [1.29, 1.82) is 0 Å². The second-order valence-electron chi connectivity index (χ2n) is 11.5. The van der Waals surface area contributed by atoms with Gasteiger partial charge in [-0.2, -0.15) is 0 Å². The third-order valence-corrected chi connectivity index (χ3v) is 7.63. The molecule has 152 valence electrons. The van der Waals surface area contributed by atoms with Crippen LogP contribution in [0.2, 0.25) is 0 Å². The predicted molar refractivity (Wildman–Crippen MR) is 100 cm³/mol. The zero-order valence-corrected chi connectivity index (χ0v) is 17.6. The molecule has 0 aromatic rings. The zero-order valence-electron chi connectivity index (χ0n) is 17.6. The fraction of sp³-hybridized carbons (Fsp3) is 1.00. The SMILES string of the molecule is CC(C)(C)CC(C)(C(O)ON1C(O)C2C3CCC(C3)C2C1O)C(C)(C)C. The van der Waals surface area contributed by atoms with Gasteiger partial charge in [-0.1, -0.05) is 48.5 Å². The van der Waals surface area contributed by atoms with Crippen LogP contribution >= 0.6 is 0 Å². The lowest BCUT2D eigenvalue weighted by molar-refractivity contribution is -0.376. The predicted octanol–water partition coefficient (Wildman–Crippen LogP) is 3.34. The van der Waals surface area contributed by atoms with Gasteiger partial charge in [0, 0.05) is 17.3 Å². The van der Waals surface area contributed by atoms with Crippen LogP contribution in [0.5, 0.6) is 0 Å². The Morgan fingerprint density at radius 2 is 1.38 bits per heavy atom. The maximum absolute atomic E-state index is 11.1. The first kappa shape index (κ1) is 20.5. The maximum atomic E-state index is 11.1. The third-order valence-electron chi connectivity index (χ3n) is 7.63. The quantitative estimate of drug-likeness (QED) is 0.663. The highest BCUT2D eigenvalue weighted by Crippen LogP contribution is 2.59. The van der Waals surface area contributed by atoms with Crippen molar-refractivity contribution in [2.24, 2.45) is 39.9 Å². The van der Waals surface area contributed by atoms with Crippen molar-refractivity contribution < 1.29 is 20.2 Å². The van der Waals surface area contributed by atoms with Crippen molar-refractivity contribution in [3.8, 4) is 0 Å². The molecule has 8 atom stereocenters. The summed E-state index contributed by atoms with van der Waals surface area (Å²) in [5.41, 5.74) is -0.712. The van der Waals surface area contributed by atoms with E-state index >= 15 is 0 Å². The molecule has 2 aliphatic carbocycles. The van der Waals surface area contributed by atoms with Crippen molar-refractivity contribution in [3.63, 3.8) is 0 Å². The van der Waals surface area contributed by atoms with Crippen molar-refractivity contribution in [2.45, 2.75) is 92.9 Å². The highest BCUT2D eigenvalue weighted by atomic mass is 16.8. The Morgan fingerprint density at radius 3 is 1.77 bits per heavy atom. The molecular formula is C21H39NO4. The van der Waals surface area contributed by atoms with Crippen LogP contribution < -0.4 is 0 Å².